The number of rotatable bonds is 4. The summed E-state index contributed by atoms with van der Waals surface area (Å²) >= 11 is 0. The Kier molecular flexibility index (Phi) is 4.42. The van der Waals surface area contributed by atoms with E-state index in [9.17, 15) is 4.79 Å². The predicted octanol–water partition coefficient (Wildman–Crippen LogP) is 2.47. The van der Waals surface area contributed by atoms with Crippen LogP contribution in [0.15, 0.2) is 42.5 Å². The molecule has 0 aliphatic rings. The van der Waals surface area contributed by atoms with E-state index in [1.165, 1.54) is 0 Å². The summed E-state index contributed by atoms with van der Waals surface area (Å²) in [5, 5.41) is 11.7. The first kappa shape index (κ1) is 14.4. The van der Waals surface area contributed by atoms with Gasteiger partial charge < -0.3 is 15.8 Å². The van der Waals surface area contributed by atoms with Gasteiger partial charge in [-0.3, -0.25) is 4.79 Å². The van der Waals surface area contributed by atoms with Gasteiger partial charge in [0.1, 0.15) is 11.8 Å². The Balaban J connectivity index is 2.02. The van der Waals surface area contributed by atoms with E-state index in [0.717, 1.165) is 5.56 Å². The van der Waals surface area contributed by atoms with Gasteiger partial charge >= 0.3 is 0 Å². The Morgan fingerprint density at radius 1 is 1.29 bits per heavy atom. The number of carbonyl (C=O) groups is 1. The zero-order valence-corrected chi connectivity index (χ0v) is 11.6. The van der Waals surface area contributed by atoms with E-state index in [1.807, 2.05) is 25.1 Å². The normalized spacial score (nSPS) is 9.71. The van der Waals surface area contributed by atoms with Crippen LogP contribution in [0.1, 0.15) is 11.1 Å². The number of ether oxygens (including phenoxy) is 1. The lowest BCUT2D eigenvalue weighted by Crippen LogP contribution is -2.21. The molecule has 0 aromatic heterocycles. The number of nitrogens with zero attached hydrogens (tertiary/aromatic N) is 1. The molecule has 0 aliphatic heterocycles. The van der Waals surface area contributed by atoms with E-state index in [4.69, 9.17) is 15.7 Å². The van der Waals surface area contributed by atoms with Crippen molar-refractivity contribution in [2.24, 2.45) is 0 Å². The molecule has 2 rings (SSSR count). The number of amides is 1. The summed E-state index contributed by atoms with van der Waals surface area (Å²) < 4.78 is 5.37. The molecule has 0 radical (unpaired) electrons. The predicted molar refractivity (Wildman–Crippen MR) is 80.9 cm³/mol. The zero-order chi connectivity index (χ0) is 15.2. The van der Waals surface area contributed by atoms with Crippen LogP contribution in [0, 0.1) is 18.3 Å². The lowest BCUT2D eigenvalue weighted by Gasteiger charge is -2.12. The van der Waals surface area contributed by atoms with Crippen molar-refractivity contribution in [3.63, 3.8) is 0 Å². The van der Waals surface area contributed by atoms with Crippen molar-refractivity contribution in [1.29, 1.82) is 5.26 Å². The minimum absolute atomic E-state index is 0.188. The Labute approximate surface area is 123 Å². The van der Waals surface area contributed by atoms with Crippen LogP contribution in [0.3, 0.4) is 0 Å². The summed E-state index contributed by atoms with van der Waals surface area (Å²) in [4.78, 5) is 11.9. The molecule has 0 spiro atoms. The third-order valence-electron chi connectivity index (χ3n) is 2.94. The fraction of sp³-hybridized carbons (Fsp3) is 0.125. The smallest absolute Gasteiger partial charge is 0.262 e. The molecule has 1 amide bonds. The van der Waals surface area contributed by atoms with Crippen LogP contribution < -0.4 is 15.8 Å². The molecule has 5 heteroatoms. The maximum absolute atomic E-state index is 11.9. The molecule has 5 nitrogen and oxygen atoms in total. The highest BCUT2D eigenvalue weighted by Gasteiger charge is 2.09. The number of para-hydroxylation sites is 2. The highest BCUT2D eigenvalue weighted by Crippen LogP contribution is 2.22. The third kappa shape index (κ3) is 3.51. The molecule has 0 unspecified atom stereocenters. The molecule has 0 heterocycles. The molecule has 3 N–H and O–H groups in total. The third-order valence-corrected chi connectivity index (χ3v) is 2.94. The van der Waals surface area contributed by atoms with Gasteiger partial charge in [0, 0.05) is 0 Å². The monoisotopic (exact) mass is 281 g/mol. The maximum atomic E-state index is 11.9. The number of nitrogen functional groups attached to an aromatic ring is 1. The number of nitrogens with two attached hydrogens (primary N) is 1. The number of carbonyl (C=O) groups excluding carboxylic acids is 1. The number of benzene rings is 2. The highest BCUT2D eigenvalue weighted by atomic mass is 16.5. The highest BCUT2D eigenvalue weighted by molar-refractivity contribution is 5.95. The van der Waals surface area contributed by atoms with Crippen LogP contribution in [0.5, 0.6) is 5.75 Å². The minimum atomic E-state index is -0.330. The summed E-state index contributed by atoms with van der Waals surface area (Å²) in [6.45, 7) is 1.67. The molecule has 2 aromatic carbocycles. The van der Waals surface area contributed by atoms with E-state index >= 15 is 0 Å². The quantitative estimate of drug-likeness (QED) is 0.843. The van der Waals surface area contributed by atoms with Gasteiger partial charge in [-0.1, -0.05) is 24.3 Å². The van der Waals surface area contributed by atoms with E-state index in [-0.39, 0.29) is 12.5 Å². The number of hydrogen-bond donors (Lipinski definition) is 2. The molecule has 0 atom stereocenters. The van der Waals surface area contributed by atoms with Crippen molar-refractivity contribution in [1.82, 2.24) is 0 Å². The average Bonchev–Trinajstić information content (AvgIpc) is 2.49. The first-order valence-corrected chi connectivity index (χ1v) is 6.38. The molecule has 0 saturated carbocycles. The number of nitriles is 1. The first-order chi connectivity index (χ1) is 10.1. The summed E-state index contributed by atoms with van der Waals surface area (Å²) in [6, 6.07) is 14.2. The van der Waals surface area contributed by atoms with Gasteiger partial charge in [0.25, 0.3) is 5.91 Å². The Morgan fingerprint density at radius 2 is 2.05 bits per heavy atom. The largest absolute Gasteiger partial charge is 0.482 e. The van der Waals surface area contributed by atoms with Crippen LogP contribution in [0.4, 0.5) is 11.4 Å². The van der Waals surface area contributed by atoms with E-state index in [0.29, 0.717) is 22.7 Å². The van der Waals surface area contributed by atoms with Crippen molar-refractivity contribution in [3.05, 3.63) is 53.6 Å². The molecule has 0 bridgehead atoms. The van der Waals surface area contributed by atoms with E-state index in [1.54, 1.807) is 30.3 Å². The lowest BCUT2D eigenvalue weighted by molar-refractivity contribution is -0.118. The number of nitrogens with one attached hydrogen (secondary N) is 1. The van der Waals surface area contributed by atoms with Crippen LogP contribution in [0.2, 0.25) is 0 Å². The number of hydrogen-bond acceptors (Lipinski definition) is 4. The van der Waals surface area contributed by atoms with Gasteiger partial charge in [-0.25, -0.2) is 0 Å². The number of anilines is 2. The first-order valence-electron chi connectivity index (χ1n) is 6.38. The SMILES string of the molecule is Cc1cccc(N)c1NC(=O)COc1ccccc1C#N. The summed E-state index contributed by atoms with van der Waals surface area (Å²) in [5.74, 6) is 0.0525. The van der Waals surface area contributed by atoms with Gasteiger partial charge in [0.2, 0.25) is 0 Å². The van der Waals surface area contributed by atoms with Gasteiger partial charge in [-0.2, -0.15) is 5.26 Å². The maximum Gasteiger partial charge on any atom is 0.262 e. The van der Waals surface area contributed by atoms with Gasteiger partial charge in [-0.15, -0.1) is 0 Å². The van der Waals surface area contributed by atoms with Crippen molar-refractivity contribution in [2.75, 3.05) is 17.7 Å². The van der Waals surface area contributed by atoms with Gasteiger partial charge in [0.05, 0.1) is 16.9 Å². The molecule has 0 fully saturated rings. The van der Waals surface area contributed by atoms with Gasteiger partial charge in [0.15, 0.2) is 6.61 Å². The second kappa shape index (κ2) is 6.44. The van der Waals surface area contributed by atoms with Crippen molar-refractivity contribution < 1.29 is 9.53 Å². The van der Waals surface area contributed by atoms with Gasteiger partial charge in [-0.05, 0) is 30.7 Å². The van der Waals surface area contributed by atoms with Crippen molar-refractivity contribution in [2.45, 2.75) is 6.92 Å². The van der Waals surface area contributed by atoms with Crippen LogP contribution in [-0.2, 0) is 4.79 Å². The number of aryl methyl sites for hydroxylation is 1. The Morgan fingerprint density at radius 3 is 2.76 bits per heavy atom. The summed E-state index contributed by atoms with van der Waals surface area (Å²) in [6.07, 6.45) is 0. The van der Waals surface area contributed by atoms with E-state index < -0.39 is 0 Å². The molecule has 2 aromatic rings. The topological polar surface area (TPSA) is 88.1 Å². The van der Waals surface area contributed by atoms with Crippen LogP contribution in [0.25, 0.3) is 0 Å². The Hall–Kier alpha value is -3.00. The molecule has 0 aliphatic carbocycles. The minimum Gasteiger partial charge on any atom is -0.482 e. The molecular weight excluding hydrogens is 266 g/mol. The van der Waals surface area contributed by atoms with Crippen molar-refractivity contribution >= 4 is 17.3 Å². The zero-order valence-electron chi connectivity index (χ0n) is 11.6. The fourth-order valence-electron chi connectivity index (χ4n) is 1.86. The fourth-order valence-corrected chi connectivity index (χ4v) is 1.86. The second-order valence-corrected chi connectivity index (χ2v) is 4.48. The summed E-state index contributed by atoms with van der Waals surface area (Å²) in [7, 11) is 0. The van der Waals surface area contributed by atoms with Crippen LogP contribution >= 0.6 is 0 Å². The van der Waals surface area contributed by atoms with Crippen molar-refractivity contribution in [3.8, 4) is 11.8 Å². The summed E-state index contributed by atoms with van der Waals surface area (Å²) in [5.41, 5.74) is 8.17. The molecule has 0 saturated heterocycles. The molecular formula is C16H15N3O2. The molecule has 21 heavy (non-hydrogen) atoms. The lowest BCUT2D eigenvalue weighted by atomic mass is 10.1. The average molecular weight is 281 g/mol. The Bertz CT molecular complexity index is 685. The molecule has 106 valence electrons. The van der Waals surface area contributed by atoms with E-state index in [2.05, 4.69) is 5.32 Å². The van der Waals surface area contributed by atoms with Crippen LogP contribution in [-0.4, -0.2) is 12.5 Å². The standard InChI is InChI=1S/C16H15N3O2/c1-11-5-4-7-13(18)16(11)19-15(20)10-21-14-8-3-2-6-12(14)9-17/h2-8H,10,18H2,1H3,(H,19,20). The second-order valence-electron chi connectivity index (χ2n) is 4.48.